The van der Waals surface area contributed by atoms with Crippen LogP contribution < -0.4 is 14.4 Å². The highest BCUT2D eigenvalue weighted by Gasteiger charge is 2.47. The first-order valence-electron chi connectivity index (χ1n) is 11.3. The Morgan fingerprint density at radius 3 is 2.39 bits per heavy atom. The molecule has 0 spiro atoms. The van der Waals surface area contributed by atoms with E-state index in [1.54, 1.807) is 48.5 Å². The molecule has 1 unspecified atom stereocenters. The van der Waals surface area contributed by atoms with Crippen LogP contribution in [0.25, 0.3) is 5.76 Å². The Morgan fingerprint density at radius 2 is 1.69 bits per heavy atom. The summed E-state index contributed by atoms with van der Waals surface area (Å²) in [5.74, 6) is -0.500. The number of thiophene rings is 1. The van der Waals surface area contributed by atoms with E-state index in [1.165, 1.54) is 23.3 Å². The van der Waals surface area contributed by atoms with E-state index in [1.807, 2.05) is 47.8 Å². The number of nitrogens with zero attached hydrogens (tertiary/aromatic N) is 1. The molecular weight excluding hydrogens is 474 g/mol. The van der Waals surface area contributed by atoms with Gasteiger partial charge in [0.05, 0.1) is 12.7 Å². The van der Waals surface area contributed by atoms with Crippen LogP contribution in [0.4, 0.5) is 5.69 Å². The zero-order valence-corrected chi connectivity index (χ0v) is 20.3. The quantitative estimate of drug-likeness (QED) is 0.194. The van der Waals surface area contributed by atoms with Gasteiger partial charge in [0.25, 0.3) is 11.7 Å². The van der Waals surface area contributed by atoms with Gasteiger partial charge in [-0.3, -0.25) is 14.5 Å². The lowest BCUT2D eigenvalue weighted by molar-refractivity contribution is -0.132. The monoisotopic (exact) mass is 497 g/mol. The lowest BCUT2D eigenvalue weighted by Crippen LogP contribution is -2.29. The van der Waals surface area contributed by atoms with Gasteiger partial charge in [0.15, 0.2) is 0 Å². The van der Waals surface area contributed by atoms with E-state index in [-0.39, 0.29) is 11.3 Å². The summed E-state index contributed by atoms with van der Waals surface area (Å²) in [5.41, 5.74) is 2.02. The molecule has 1 atom stereocenters. The predicted octanol–water partition coefficient (Wildman–Crippen LogP) is 5.96. The fourth-order valence-corrected chi connectivity index (χ4v) is 5.01. The van der Waals surface area contributed by atoms with Crippen molar-refractivity contribution < 1.29 is 24.2 Å². The molecule has 0 radical (unpaired) electrons. The topological polar surface area (TPSA) is 76.1 Å². The fraction of sp³-hybridized carbons (Fsp3) is 0.103. The zero-order chi connectivity index (χ0) is 25.1. The summed E-state index contributed by atoms with van der Waals surface area (Å²) in [5, 5.41) is 13.1. The van der Waals surface area contributed by atoms with Crippen LogP contribution in [-0.2, 0) is 16.2 Å². The van der Waals surface area contributed by atoms with Gasteiger partial charge in [-0.25, -0.2) is 0 Å². The van der Waals surface area contributed by atoms with Gasteiger partial charge < -0.3 is 14.6 Å². The fourth-order valence-electron chi connectivity index (χ4n) is 4.18. The van der Waals surface area contributed by atoms with Crippen molar-refractivity contribution in [3.8, 4) is 11.5 Å². The van der Waals surface area contributed by atoms with Crippen molar-refractivity contribution in [3.05, 3.63) is 118 Å². The Hall–Kier alpha value is -4.36. The number of ketones is 1. The highest BCUT2D eigenvalue weighted by molar-refractivity contribution is 7.10. The van der Waals surface area contributed by atoms with Crippen molar-refractivity contribution in [1.82, 2.24) is 0 Å². The standard InChI is InChI=1S/C29H23NO5S/c1-34-23-10-5-9-20(17-23)27(31)25-26(24-11-6-16-36-24)30(29(33)28(25)32)21-12-14-22(15-13-21)35-18-19-7-3-2-4-8-19/h2-17,26,31H,18H2,1H3/b27-25-. The molecule has 4 aromatic rings. The first kappa shape index (κ1) is 23.4. The molecule has 3 aromatic carbocycles. The summed E-state index contributed by atoms with van der Waals surface area (Å²) in [6.07, 6.45) is 0. The minimum Gasteiger partial charge on any atom is -0.507 e. The van der Waals surface area contributed by atoms with Crippen LogP contribution in [0.1, 0.15) is 22.0 Å². The van der Waals surface area contributed by atoms with Crippen molar-refractivity contribution in [2.45, 2.75) is 12.6 Å². The van der Waals surface area contributed by atoms with E-state index >= 15 is 0 Å². The number of hydrogen-bond donors (Lipinski definition) is 1. The van der Waals surface area contributed by atoms with Crippen molar-refractivity contribution in [2.75, 3.05) is 12.0 Å². The minimum atomic E-state index is -0.757. The zero-order valence-electron chi connectivity index (χ0n) is 19.5. The van der Waals surface area contributed by atoms with Crippen LogP contribution in [0.2, 0.25) is 0 Å². The summed E-state index contributed by atoms with van der Waals surface area (Å²) in [7, 11) is 1.52. The Morgan fingerprint density at radius 1 is 0.917 bits per heavy atom. The van der Waals surface area contributed by atoms with Crippen molar-refractivity contribution >= 4 is 34.5 Å². The number of aliphatic hydroxyl groups excluding tert-OH is 1. The Kier molecular flexibility index (Phi) is 6.56. The second-order valence-electron chi connectivity index (χ2n) is 8.18. The molecule has 0 aliphatic carbocycles. The number of hydrogen-bond acceptors (Lipinski definition) is 6. The predicted molar refractivity (Wildman–Crippen MR) is 139 cm³/mol. The van der Waals surface area contributed by atoms with Crippen LogP contribution in [0.3, 0.4) is 0 Å². The number of carbonyl (C=O) groups excluding carboxylic acids is 2. The molecule has 0 bridgehead atoms. The van der Waals surface area contributed by atoms with E-state index < -0.39 is 17.7 Å². The van der Waals surface area contributed by atoms with Crippen molar-refractivity contribution in [3.63, 3.8) is 0 Å². The molecule has 1 amide bonds. The second-order valence-corrected chi connectivity index (χ2v) is 9.16. The number of benzene rings is 3. The van der Waals surface area contributed by atoms with Crippen LogP contribution in [-0.4, -0.2) is 23.9 Å². The third kappa shape index (κ3) is 4.48. The van der Waals surface area contributed by atoms with E-state index in [2.05, 4.69) is 0 Å². The lowest BCUT2D eigenvalue weighted by atomic mass is 9.99. The minimum absolute atomic E-state index is 0.0418. The maximum absolute atomic E-state index is 13.3. The number of rotatable bonds is 7. The number of ether oxygens (including phenoxy) is 2. The molecule has 6 nitrogen and oxygen atoms in total. The summed E-state index contributed by atoms with van der Waals surface area (Å²) < 4.78 is 11.1. The molecule has 1 saturated heterocycles. The van der Waals surface area contributed by atoms with Crippen LogP contribution in [0.15, 0.2) is 102 Å². The molecule has 0 saturated carbocycles. The molecule has 1 aliphatic rings. The SMILES string of the molecule is COc1cccc(/C(O)=C2/C(=O)C(=O)N(c3ccc(OCc4ccccc4)cc3)C2c2cccs2)c1. The van der Waals surface area contributed by atoms with Gasteiger partial charge in [0.1, 0.15) is 29.9 Å². The normalized spacial score (nSPS) is 16.8. The van der Waals surface area contributed by atoms with Gasteiger partial charge in [-0.2, -0.15) is 0 Å². The first-order valence-corrected chi connectivity index (χ1v) is 12.2. The molecule has 1 aliphatic heterocycles. The summed E-state index contributed by atoms with van der Waals surface area (Å²) in [6.45, 7) is 0.417. The third-order valence-electron chi connectivity index (χ3n) is 5.96. The van der Waals surface area contributed by atoms with E-state index in [0.29, 0.717) is 29.4 Å². The van der Waals surface area contributed by atoms with Gasteiger partial charge in [-0.1, -0.05) is 48.5 Å². The Bertz CT molecular complexity index is 1410. The average molecular weight is 498 g/mol. The summed E-state index contributed by atoms with van der Waals surface area (Å²) in [6, 6.07) is 26.6. The number of carbonyl (C=O) groups is 2. The number of methoxy groups -OCH3 is 1. The van der Waals surface area contributed by atoms with Gasteiger partial charge >= 0.3 is 0 Å². The molecule has 5 rings (SSSR count). The van der Waals surface area contributed by atoms with E-state index in [9.17, 15) is 14.7 Å². The van der Waals surface area contributed by atoms with E-state index in [0.717, 1.165) is 10.4 Å². The highest BCUT2D eigenvalue weighted by atomic mass is 32.1. The van der Waals surface area contributed by atoms with E-state index in [4.69, 9.17) is 9.47 Å². The first-order chi connectivity index (χ1) is 17.6. The van der Waals surface area contributed by atoms with Crippen molar-refractivity contribution in [2.24, 2.45) is 0 Å². The number of amides is 1. The Balaban J connectivity index is 1.50. The molecule has 1 aromatic heterocycles. The summed E-state index contributed by atoms with van der Waals surface area (Å²) >= 11 is 1.41. The van der Waals surface area contributed by atoms with Gasteiger partial charge in [0, 0.05) is 16.1 Å². The Labute approximate surface area is 212 Å². The van der Waals surface area contributed by atoms with Crippen LogP contribution in [0, 0.1) is 0 Å². The highest BCUT2D eigenvalue weighted by Crippen LogP contribution is 2.44. The smallest absolute Gasteiger partial charge is 0.300 e. The van der Waals surface area contributed by atoms with Crippen molar-refractivity contribution in [1.29, 1.82) is 0 Å². The van der Waals surface area contributed by atoms with Gasteiger partial charge in [-0.15, -0.1) is 11.3 Å². The molecule has 1 N–H and O–H groups in total. The molecule has 7 heteroatoms. The van der Waals surface area contributed by atoms with Gasteiger partial charge in [0.2, 0.25) is 0 Å². The largest absolute Gasteiger partial charge is 0.507 e. The second kappa shape index (κ2) is 10.1. The van der Waals surface area contributed by atoms with Gasteiger partial charge in [-0.05, 0) is 53.4 Å². The third-order valence-corrected chi connectivity index (χ3v) is 6.89. The molecule has 180 valence electrons. The van der Waals surface area contributed by atoms with Crippen LogP contribution >= 0.6 is 11.3 Å². The molecule has 2 heterocycles. The summed E-state index contributed by atoms with van der Waals surface area (Å²) in [4.78, 5) is 28.7. The lowest BCUT2D eigenvalue weighted by Gasteiger charge is -2.24. The molecular formula is C29H23NO5S. The number of anilines is 1. The molecule has 36 heavy (non-hydrogen) atoms. The van der Waals surface area contributed by atoms with Crippen LogP contribution in [0.5, 0.6) is 11.5 Å². The maximum Gasteiger partial charge on any atom is 0.300 e. The number of Topliss-reactive ketones (excluding diaryl/α,β-unsaturated/α-hetero) is 1. The number of aliphatic hydroxyl groups is 1. The maximum atomic E-state index is 13.3. The molecule has 1 fully saturated rings. The average Bonchev–Trinajstić information content (AvgIpc) is 3.55.